The molecule has 1 saturated carbocycles. The fraction of sp³-hybridized carbons (Fsp3) is 0.308. The van der Waals surface area contributed by atoms with E-state index in [2.05, 4.69) is 32.2 Å². The summed E-state index contributed by atoms with van der Waals surface area (Å²) in [7, 11) is 0. The molecule has 2 aromatic carbocycles. The average Bonchev–Trinajstić information content (AvgIpc) is 3.58. The first-order valence-electron chi connectivity index (χ1n) is 12.0. The van der Waals surface area contributed by atoms with Crippen LogP contribution in [0.5, 0.6) is 0 Å². The number of nitriles is 1. The molecule has 1 atom stereocenters. The number of rotatable bonds is 7. The van der Waals surface area contributed by atoms with Crippen LogP contribution in [-0.2, 0) is 4.84 Å². The first kappa shape index (κ1) is 22.7. The Morgan fingerprint density at radius 2 is 2.03 bits per heavy atom. The minimum absolute atomic E-state index is 0.271. The predicted octanol–water partition coefficient (Wildman–Crippen LogP) is 6.17. The van der Waals surface area contributed by atoms with Gasteiger partial charge in [0.25, 0.3) is 0 Å². The zero-order valence-electron chi connectivity index (χ0n) is 21.0. The van der Waals surface area contributed by atoms with Gasteiger partial charge in [-0.3, -0.25) is 15.3 Å². The molecular weight excluding hydrogens is 481 g/mol. The van der Waals surface area contributed by atoms with Crippen LogP contribution in [0.25, 0.3) is 10.9 Å². The molecule has 184 valence electrons. The van der Waals surface area contributed by atoms with Crippen LogP contribution in [0.2, 0.25) is 5.02 Å². The molecule has 10 heteroatoms. The summed E-state index contributed by atoms with van der Waals surface area (Å²) in [4.78, 5) is 10.1. The van der Waals surface area contributed by atoms with Crippen molar-refractivity contribution in [3.63, 3.8) is 0 Å². The molecule has 0 spiro atoms. The number of halogens is 2. The van der Waals surface area contributed by atoms with E-state index in [0.717, 1.165) is 12.8 Å². The van der Waals surface area contributed by atoms with Crippen molar-refractivity contribution in [2.45, 2.75) is 51.3 Å². The van der Waals surface area contributed by atoms with Crippen molar-refractivity contribution >= 4 is 33.9 Å². The molecule has 2 aromatic heterocycles. The van der Waals surface area contributed by atoms with E-state index in [4.69, 9.17) is 16.4 Å². The van der Waals surface area contributed by atoms with E-state index in [0.29, 0.717) is 38.6 Å². The quantitative estimate of drug-likeness (QED) is 0.289. The lowest BCUT2D eigenvalue weighted by Gasteiger charge is -2.22. The summed E-state index contributed by atoms with van der Waals surface area (Å²) < 4.78 is 25.0. The van der Waals surface area contributed by atoms with Gasteiger partial charge in [-0.25, -0.2) is 9.07 Å². The number of benzene rings is 2. The smallest absolute Gasteiger partial charge is 0.123 e. The van der Waals surface area contributed by atoms with Crippen LogP contribution in [0, 0.1) is 17.1 Å². The minimum atomic E-state index is -1.62. The molecule has 1 fully saturated rings. The number of nitrogens with one attached hydrogen (secondary N) is 2. The zero-order chi connectivity index (χ0) is 26.4. The SMILES string of the molecule is [2H][C@@](Nc1cc(Cl)c2ncc(C#N)c(NOC(C)(C)C)c2c1)(c1ccc(F)cc1)c1cn(C2CC2)nn1. The Hall–Kier alpha value is -3.74. The summed E-state index contributed by atoms with van der Waals surface area (Å²) >= 11 is 6.62. The van der Waals surface area contributed by atoms with Crippen molar-refractivity contribution in [1.82, 2.24) is 20.0 Å². The lowest BCUT2D eigenvalue weighted by Crippen LogP contribution is -2.23. The average molecular weight is 507 g/mol. The van der Waals surface area contributed by atoms with Crippen molar-refractivity contribution in [3.05, 3.63) is 76.5 Å². The van der Waals surface area contributed by atoms with Crippen LogP contribution in [0.15, 0.2) is 48.8 Å². The van der Waals surface area contributed by atoms with Gasteiger partial charge in [0.1, 0.15) is 17.6 Å². The fourth-order valence-corrected chi connectivity index (χ4v) is 3.95. The highest BCUT2D eigenvalue weighted by Crippen LogP contribution is 2.37. The molecule has 2 N–H and O–H groups in total. The largest absolute Gasteiger partial charge is 0.373 e. The highest BCUT2D eigenvalue weighted by atomic mass is 35.5. The van der Waals surface area contributed by atoms with Crippen LogP contribution in [0.3, 0.4) is 0 Å². The molecule has 4 aromatic rings. The number of fused-ring (bicyclic) bond motifs is 1. The van der Waals surface area contributed by atoms with Crippen molar-refractivity contribution in [3.8, 4) is 6.07 Å². The van der Waals surface area contributed by atoms with E-state index in [-0.39, 0.29) is 11.6 Å². The molecule has 1 aliphatic rings. The molecule has 0 radical (unpaired) electrons. The summed E-state index contributed by atoms with van der Waals surface area (Å²) in [6.45, 7) is 5.63. The highest BCUT2D eigenvalue weighted by Gasteiger charge is 2.27. The number of hydrogen-bond acceptors (Lipinski definition) is 7. The Balaban J connectivity index is 1.62. The van der Waals surface area contributed by atoms with Crippen LogP contribution in [0.4, 0.5) is 15.8 Å². The molecule has 5 rings (SSSR count). The standard InChI is InChI=1S/C26H25ClFN7O/c1-26(2,3)36-33-23-16(12-29)13-30-25-20(23)10-18(11-21(25)27)31-24(15-4-6-17(28)7-5-15)22-14-35(34-32-22)19-8-9-19/h4-7,10-11,13-14,19,24,31H,8-9H2,1-3H3,(H,30,33)/t24-/m1/s1/i24D. The number of aromatic nitrogens is 4. The van der Waals surface area contributed by atoms with Crippen molar-refractivity contribution < 1.29 is 10.6 Å². The molecule has 0 unspecified atom stereocenters. The van der Waals surface area contributed by atoms with Gasteiger partial charge in [0.05, 0.1) is 47.0 Å². The van der Waals surface area contributed by atoms with Gasteiger partial charge >= 0.3 is 0 Å². The Kier molecular flexibility index (Phi) is 5.91. The van der Waals surface area contributed by atoms with E-state index >= 15 is 0 Å². The lowest BCUT2D eigenvalue weighted by atomic mass is 10.0. The van der Waals surface area contributed by atoms with Crippen LogP contribution >= 0.6 is 11.6 Å². The summed E-state index contributed by atoms with van der Waals surface area (Å²) in [5.41, 5.74) is 4.78. The second-order valence-electron chi connectivity index (χ2n) is 9.65. The maximum absolute atomic E-state index is 13.7. The Labute approximate surface area is 214 Å². The van der Waals surface area contributed by atoms with Crippen LogP contribution in [-0.4, -0.2) is 25.6 Å². The Morgan fingerprint density at radius 3 is 2.69 bits per heavy atom. The molecule has 0 amide bonds. The topological polar surface area (TPSA) is 101 Å². The second kappa shape index (κ2) is 9.37. The molecule has 2 heterocycles. The van der Waals surface area contributed by atoms with Gasteiger partial charge in [0.2, 0.25) is 0 Å². The first-order valence-corrected chi connectivity index (χ1v) is 11.9. The van der Waals surface area contributed by atoms with Crippen molar-refractivity contribution in [2.24, 2.45) is 0 Å². The number of pyridine rings is 1. The number of anilines is 2. The molecule has 0 saturated heterocycles. The highest BCUT2D eigenvalue weighted by molar-refractivity contribution is 6.35. The van der Waals surface area contributed by atoms with Gasteiger partial charge in [0, 0.05) is 17.3 Å². The first-order chi connectivity index (χ1) is 17.6. The maximum atomic E-state index is 13.7. The van der Waals surface area contributed by atoms with Crippen molar-refractivity contribution in [2.75, 3.05) is 10.8 Å². The van der Waals surface area contributed by atoms with Crippen LogP contribution in [0.1, 0.15) is 63.9 Å². The van der Waals surface area contributed by atoms with Gasteiger partial charge < -0.3 is 5.32 Å². The van der Waals surface area contributed by atoms with E-state index in [1.54, 1.807) is 23.0 Å². The third kappa shape index (κ3) is 5.10. The number of hydrogen-bond donors (Lipinski definition) is 2. The molecule has 8 nitrogen and oxygen atoms in total. The monoisotopic (exact) mass is 506 g/mol. The van der Waals surface area contributed by atoms with Crippen LogP contribution < -0.4 is 10.8 Å². The normalized spacial score (nSPS) is 15.7. The second-order valence-corrected chi connectivity index (χ2v) is 10.1. The summed E-state index contributed by atoms with van der Waals surface area (Å²) in [6.07, 6.45) is 5.19. The third-order valence-corrected chi connectivity index (χ3v) is 5.88. The van der Waals surface area contributed by atoms with E-state index in [1.807, 2.05) is 20.8 Å². The molecular formula is C26H25ClFN7O. The minimum Gasteiger partial charge on any atom is -0.373 e. The number of nitrogens with zero attached hydrogens (tertiary/aromatic N) is 5. The Bertz CT molecular complexity index is 1510. The third-order valence-electron chi connectivity index (χ3n) is 5.59. The van der Waals surface area contributed by atoms with Crippen molar-refractivity contribution in [1.29, 1.82) is 5.26 Å². The summed E-state index contributed by atoms with van der Waals surface area (Å²) in [5, 5.41) is 22.2. The fourth-order valence-electron chi connectivity index (χ4n) is 3.68. The van der Waals surface area contributed by atoms with Gasteiger partial charge in [-0.1, -0.05) is 28.9 Å². The summed E-state index contributed by atoms with van der Waals surface area (Å²) in [6, 6.07) is 9.84. The zero-order valence-corrected chi connectivity index (χ0v) is 20.8. The molecule has 0 bridgehead atoms. The van der Waals surface area contributed by atoms with E-state index in [9.17, 15) is 11.0 Å². The Morgan fingerprint density at radius 1 is 1.28 bits per heavy atom. The maximum Gasteiger partial charge on any atom is 0.123 e. The van der Waals surface area contributed by atoms with E-state index in [1.165, 1.54) is 30.5 Å². The summed E-state index contributed by atoms with van der Waals surface area (Å²) in [5.74, 6) is -0.411. The van der Waals surface area contributed by atoms with E-state index < -0.39 is 17.4 Å². The van der Waals surface area contributed by atoms with Gasteiger partial charge in [-0.15, -0.1) is 5.10 Å². The molecule has 1 aliphatic carbocycles. The lowest BCUT2D eigenvalue weighted by molar-refractivity contribution is 0.0377. The predicted molar refractivity (Wildman–Crippen MR) is 136 cm³/mol. The molecule has 36 heavy (non-hydrogen) atoms. The van der Waals surface area contributed by atoms with Gasteiger partial charge in [-0.2, -0.15) is 5.26 Å². The van der Waals surface area contributed by atoms with Gasteiger partial charge in [0.15, 0.2) is 0 Å². The van der Waals surface area contributed by atoms with Gasteiger partial charge in [-0.05, 0) is 63.4 Å². The molecule has 0 aliphatic heterocycles.